The maximum atomic E-state index is 12.4. The Kier molecular flexibility index (Phi) is 4.21. The van der Waals surface area contributed by atoms with Gasteiger partial charge in [-0.3, -0.25) is 9.36 Å². The lowest BCUT2D eigenvalue weighted by atomic mass is 10.2. The van der Waals surface area contributed by atoms with Gasteiger partial charge in [-0.15, -0.1) is 5.10 Å². The number of nitrogens with zero attached hydrogens (tertiary/aromatic N) is 4. The van der Waals surface area contributed by atoms with Crippen LogP contribution in [-0.4, -0.2) is 33.1 Å². The van der Waals surface area contributed by atoms with Crippen molar-refractivity contribution in [3.8, 4) is 5.88 Å². The first-order valence-corrected chi connectivity index (χ1v) is 6.12. The van der Waals surface area contributed by atoms with Gasteiger partial charge in [0.05, 0.1) is 19.5 Å². The van der Waals surface area contributed by atoms with Crippen LogP contribution in [0.2, 0.25) is 0 Å². The molecule has 110 valence electrons. The van der Waals surface area contributed by atoms with Crippen LogP contribution in [0.1, 0.15) is 11.3 Å². The van der Waals surface area contributed by atoms with E-state index in [0.29, 0.717) is 12.4 Å². The molecule has 8 heteroatoms. The summed E-state index contributed by atoms with van der Waals surface area (Å²) in [5.74, 6) is 0.491. The molecule has 6 nitrogen and oxygen atoms in total. The van der Waals surface area contributed by atoms with Crippen molar-refractivity contribution < 1.29 is 13.5 Å². The standard InChI is InChI=1S/C12H17F2N5O/c1-8-9(5-16-19(8)7-11(13)14)4-15-10-6-18(2)17-12(10)20-3/h5-6,11,15H,4,7H2,1-3H3. The third kappa shape index (κ3) is 3.06. The second-order valence-corrected chi connectivity index (χ2v) is 4.41. The van der Waals surface area contributed by atoms with Crippen LogP contribution in [0.3, 0.4) is 0 Å². The molecule has 0 aliphatic rings. The van der Waals surface area contributed by atoms with E-state index in [9.17, 15) is 8.78 Å². The number of aromatic nitrogens is 4. The molecule has 2 aromatic rings. The van der Waals surface area contributed by atoms with Gasteiger partial charge >= 0.3 is 0 Å². The molecule has 2 rings (SSSR count). The van der Waals surface area contributed by atoms with Crippen molar-refractivity contribution in [2.75, 3.05) is 12.4 Å². The molecule has 20 heavy (non-hydrogen) atoms. The fourth-order valence-electron chi connectivity index (χ4n) is 1.90. The summed E-state index contributed by atoms with van der Waals surface area (Å²) < 4.78 is 32.8. The summed E-state index contributed by atoms with van der Waals surface area (Å²) in [5, 5.41) is 11.2. The normalized spacial score (nSPS) is 11.1. The lowest BCUT2D eigenvalue weighted by Crippen LogP contribution is -2.10. The lowest BCUT2D eigenvalue weighted by Gasteiger charge is -2.06. The molecule has 2 aromatic heterocycles. The summed E-state index contributed by atoms with van der Waals surface area (Å²) in [6, 6.07) is 0. The van der Waals surface area contributed by atoms with Crippen LogP contribution in [-0.2, 0) is 20.1 Å². The molecule has 0 bridgehead atoms. The summed E-state index contributed by atoms with van der Waals surface area (Å²) in [6.45, 7) is 1.85. The number of anilines is 1. The second-order valence-electron chi connectivity index (χ2n) is 4.41. The Morgan fingerprint density at radius 2 is 2.20 bits per heavy atom. The van der Waals surface area contributed by atoms with Crippen LogP contribution in [0.5, 0.6) is 5.88 Å². The Balaban J connectivity index is 2.05. The van der Waals surface area contributed by atoms with Crippen LogP contribution < -0.4 is 10.1 Å². The zero-order valence-corrected chi connectivity index (χ0v) is 11.6. The van der Waals surface area contributed by atoms with Gasteiger partial charge in [-0.25, -0.2) is 8.78 Å². The number of ether oxygens (including phenoxy) is 1. The average molecular weight is 285 g/mol. The molecule has 1 N–H and O–H groups in total. The topological polar surface area (TPSA) is 56.9 Å². The molecule has 0 amide bonds. The van der Waals surface area contributed by atoms with Crippen LogP contribution in [0.25, 0.3) is 0 Å². The molecule has 0 radical (unpaired) electrons. The Bertz CT molecular complexity index is 578. The molecular weight excluding hydrogens is 268 g/mol. The number of aryl methyl sites for hydroxylation is 1. The van der Waals surface area contributed by atoms with Crippen molar-refractivity contribution in [1.82, 2.24) is 19.6 Å². The van der Waals surface area contributed by atoms with E-state index in [2.05, 4.69) is 15.5 Å². The number of hydrogen-bond donors (Lipinski definition) is 1. The fourth-order valence-corrected chi connectivity index (χ4v) is 1.90. The van der Waals surface area contributed by atoms with Crippen LogP contribution in [0.4, 0.5) is 14.5 Å². The zero-order valence-electron chi connectivity index (χ0n) is 11.6. The van der Waals surface area contributed by atoms with E-state index in [0.717, 1.165) is 16.9 Å². The predicted octanol–water partition coefficient (Wildman–Crippen LogP) is 1.81. The molecule has 0 saturated heterocycles. The van der Waals surface area contributed by atoms with Crippen molar-refractivity contribution in [2.45, 2.75) is 26.4 Å². The van der Waals surface area contributed by atoms with Gasteiger partial charge in [0.2, 0.25) is 0 Å². The van der Waals surface area contributed by atoms with Crippen molar-refractivity contribution in [3.05, 3.63) is 23.7 Å². The Morgan fingerprint density at radius 3 is 2.85 bits per heavy atom. The van der Waals surface area contributed by atoms with E-state index >= 15 is 0 Å². The third-order valence-electron chi connectivity index (χ3n) is 2.97. The summed E-state index contributed by atoms with van der Waals surface area (Å²) in [6.07, 6.45) is 0.971. The number of methoxy groups -OCH3 is 1. The number of nitrogens with one attached hydrogen (secondary N) is 1. The molecule has 0 fully saturated rings. The molecule has 0 saturated carbocycles. The summed E-state index contributed by atoms with van der Waals surface area (Å²) in [5.41, 5.74) is 2.33. The zero-order chi connectivity index (χ0) is 14.7. The molecule has 0 unspecified atom stereocenters. The first kappa shape index (κ1) is 14.3. The second kappa shape index (κ2) is 5.89. The molecule has 0 aliphatic carbocycles. The molecule has 0 atom stereocenters. The SMILES string of the molecule is COc1nn(C)cc1NCc1cnn(CC(F)F)c1C. The lowest BCUT2D eigenvalue weighted by molar-refractivity contribution is 0.121. The number of halogens is 2. The van der Waals surface area contributed by atoms with Gasteiger partial charge in [0.15, 0.2) is 0 Å². The quantitative estimate of drug-likeness (QED) is 0.879. The van der Waals surface area contributed by atoms with E-state index in [1.807, 2.05) is 0 Å². The first-order valence-electron chi connectivity index (χ1n) is 6.12. The molecular formula is C12H17F2N5O. The van der Waals surface area contributed by atoms with Gasteiger partial charge in [0.25, 0.3) is 12.3 Å². The Labute approximate surface area is 115 Å². The molecule has 0 aromatic carbocycles. The summed E-state index contributed by atoms with van der Waals surface area (Å²) in [7, 11) is 3.33. The smallest absolute Gasteiger partial charge is 0.257 e. The Hall–Kier alpha value is -2.12. The maximum absolute atomic E-state index is 12.4. The highest BCUT2D eigenvalue weighted by Gasteiger charge is 2.12. The predicted molar refractivity (Wildman–Crippen MR) is 70.1 cm³/mol. The van der Waals surface area contributed by atoms with Crippen molar-refractivity contribution >= 4 is 5.69 Å². The summed E-state index contributed by atoms with van der Waals surface area (Å²) in [4.78, 5) is 0. The number of rotatable bonds is 6. The van der Waals surface area contributed by atoms with Crippen LogP contribution >= 0.6 is 0 Å². The van der Waals surface area contributed by atoms with Crippen LogP contribution in [0, 0.1) is 6.92 Å². The van der Waals surface area contributed by atoms with E-state index in [1.54, 1.807) is 38.2 Å². The van der Waals surface area contributed by atoms with Gasteiger partial charge in [0, 0.05) is 24.8 Å². The minimum absolute atomic E-state index is 0.387. The fraction of sp³-hybridized carbons (Fsp3) is 0.500. The minimum Gasteiger partial charge on any atom is -0.478 e. The van der Waals surface area contributed by atoms with Gasteiger partial charge in [-0.05, 0) is 6.92 Å². The highest BCUT2D eigenvalue weighted by atomic mass is 19.3. The van der Waals surface area contributed by atoms with Crippen molar-refractivity contribution in [2.24, 2.45) is 7.05 Å². The number of alkyl halides is 2. The van der Waals surface area contributed by atoms with Gasteiger partial charge < -0.3 is 10.1 Å². The van der Waals surface area contributed by atoms with Crippen molar-refractivity contribution in [1.29, 1.82) is 0 Å². The van der Waals surface area contributed by atoms with Crippen LogP contribution in [0.15, 0.2) is 12.4 Å². The average Bonchev–Trinajstić information content (AvgIpc) is 2.91. The largest absolute Gasteiger partial charge is 0.478 e. The van der Waals surface area contributed by atoms with Gasteiger partial charge in [0.1, 0.15) is 12.2 Å². The van der Waals surface area contributed by atoms with Crippen molar-refractivity contribution in [3.63, 3.8) is 0 Å². The van der Waals surface area contributed by atoms with Gasteiger partial charge in [-0.1, -0.05) is 0 Å². The minimum atomic E-state index is -2.41. The highest BCUT2D eigenvalue weighted by Crippen LogP contribution is 2.22. The maximum Gasteiger partial charge on any atom is 0.257 e. The van der Waals surface area contributed by atoms with E-state index in [4.69, 9.17) is 4.74 Å². The summed E-state index contributed by atoms with van der Waals surface area (Å²) >= 11 is 0. The van der Waals surface area contributed by atoms with E-state index < -0.39 is 6.43 Å². The molecule has 0 aliphatic heterocycles. The Morgan fingerprint density at radius 1 is 1.45 bits per heavy atom. The van der Waals surface area contributed by atoms with E-state index in [-0.39, 0.29) is 6.54 Å². The molecule has 2 heterocycles. The monoisotopic (exact) mass is 285 g/mol. The highest BCUT2D eigenvalue weighted by molar-refractivity contribution is 5.51. The molecule has 0 spiro atoms. The third-order valence-corrected chi connectivity index (χ3v) is 2.97. The first-order chi connectivity index (χ1) is 9.51. The van der Waals surface area contributed by atoms with E-state index in [1.165, 1.54) is 4.68 Å². The van der Waals surface area contributed by atoms with Gasteiger partial charge in [-0.2, -0.15) is 5.10 Å². The number of hydrogen-bond acceptors (Lipinski definition) is 4.